The smallest absolute Gasteiger partial charge is 0.272 e. The van der Waals surface area contributed by atoms with Crippen LogP contribution in [0.4, 0.5) is 0 Å². The van der Waals surface area contributed by atoms with Crippen molar-refractivity contribution in [1.29, 1.82) is 0 Å². The van der Waals surface area contributed by atoms with E-state index in [1.807, 2.05) is 61.5 Å². The molecule has 2 aliphatic heterocycles. The van der Waals surface area contributed by atoms with Gasteiger partial charge in [-0.25, -0.2) is 4.89 Å². The van der Waals surface area contributed by atoms with Crippen molar-refractivity contribution in [3.8, 4) is 0 Å². The van der Waals surface area contributed by atoms with E-state index >= 15 is 0 Å². The number of aryl methyl sites for hydroxylation is 1. The van der Waals surface area contributed by atoms with Crippen molar-refractivity contribution in [3.63, 3.8) is 0 Å². The van der Waals surface area contributed by atoms with Crippen LogP contribution >= 0.6 is 46.6 Å². The molecule has 1 unspecified atom stereocenters. The summed E-state index contributed by atoms with van der Waals surface area (Å²) in [5.41, 5.74) is 1.34. The Hall–Kier alpha value is -0.853. The molecule has 2 fully saturated rings. The monoisotopic (exact) mass is 647 g/mol. The quantitative estimate of drug-likeness (QED) is 0.149. The number of thioether (sulfide) groups is 1. The summed E-state index contributed by atoms with van der Waals surface area (Å²) in [6, 6.07) is 16.8. The summed E-state index contributed by atoms with van der Waals surface area (Å²) in [6.45, 7) is 12.8. The van der Waals surface area contributed by atoms with Gasteiger partial charge in [-0.1, -0.05) is 115 Å². The van der Waals surface area contributed by atoms with Gasteiger partial charge < -0.3 is 19.5 Å². The number of amides is 1. The Morgan fingerprint density at radius 1 is 1.02 bits per heavy atom. The van der Waals surface area contributed by atoms with Crippen molar-refractivity contribution >= 4 is 60.8 Å². The second-order valence-electron chi connectivity index (χ2n) is 11.6. The Labute approximate surface area is 256 Å². The molecule has 0 bridgehead atoms. The molecule has 4 rings (SSSR count). The van der Waals surface area contributed by atoms with Crippen LogP contribution in [0.5, 0.6) is 0 Å². The molecule has 0 radical (unpaired) electrons. The van der Waals surface area contributed by atoms with Crippen LogP contribution in [0, 0.1) is 6.92 Å². The summed E-state index contributed by atoms with van der Waals surface area (Å²) < 4.78 is 23.1. The lowest BCUT2D eigenvalue weighted by molar-refractivity contribution is -0.361. The maximum absolute atomic E-state index is 13.0. The third-order valence-electron chi connectivity index (χ3n) is 7.41. The van der Waals surface area contributed by atoms with Gasteiger partial charge in [-0.15, -0.1) is 0 Å². The molecule has 2 heterocycles. The molecule has 0 spiro atoms. The predicted molar refractivity (Wildman–Crippen MR) is 161 cm³/mol. The minimum atomic E-state index is -2.38. The van der Waals surface area contributed by atoms with E-state index in [1.165, 1.54) is 11.8 Å². The molecule has 220 valence electrons. The van der Waals surface area contributed by atoms with E-state index in [4.69, 9.17) is 58.5 Å². The van der Waals surface area contributed by atoms with Crippen molar-refractivity contribution in [3.05, 3.63) is 65.7 Å². The van der Waals surface area contributed by atoms with Crippen molar-refractivity contribution in [2.75, 3.05) is 6.61 Å². The lowest BCUT2D eigenvalue weighted by atomic mass is 9.96. The van der Waals surface area contributed by atoms with Crippen LogP contribution < -0.4 is 5.32 Å². The zero-order chi connectivity index (χ0) is 29.3. The lowest BCUT2D eigenvalue weighted by Gasteiger charge is -2.49. The average molecular weight is 649 g/mol. The lowest BCUT2D eigenvalue weighted by Crippen LogP contribution is -2.67. The van der Waals surface area contributed by atoms with Gasteiger partial charge >= 0.3 is 0 Å². The van der Waals surface area contributed by atoms with Gasteiger partial charge in [-0.05, 0) is 37.2 Å². The molecule has 1 N–H and O–H groups in total. The Kier molecular flexibility index (Phi) is 10.3. The molecule has 2 aromatic rings. The maximum atomic E-state index is 13.0. The third-order valence-corrected chi connectivity index (χ3v) is 13.2. The number of carbonyl (C=O) groups is 1. The molecule has 2 aromatic carbocycles. The first kappa shape index (κ1) is 32.1. The molecule has 6 atom stereocenters. The first-order valence-corrected chi connectivity index (χ1v) is 18.0. The van der Waals surface area contributed by atoms with Crippen LogP contribution in [-0.2, 0) is 28.5 Å². The fourth-order valence-corrected chi connectivity index (χ4v) is 5.90. The summed E-state index contributed by atoms with van der Waals surface area (Å²) in [4.78, 5) is 20.2. The zero-order valence-corrected chi connectivity index (χ0v) is 27.4. The second-order valence-corrected chi connectivity index (χ2v) is 19.7. The number of benzene rings is 2. The molecule has 2 aliphatic rings. The van der Waals surface area contributed by atoms with Crippen molar-refractivity contribution in [1.82, 2.24) is 5.32 Å². The topological polar surface area (TPSA) is 75.2 Å². The average Bonchev–Trinajstić information content (AvgIpc) is 2.88. The largest absolute Gasteiger partial charge is 0.356 e. The van der Waals surface area contributed by atoms with Gasteiger partial charge in [0.25, 0.3) is 9.70 Å². The Balaban J connectivity index is 1.69. The molecular formula is C28H36Cl3NO6SSi. The minimum Gasteiger partial charge on any atom is -0.356 e. The number of ether oxygens (including phenoxy) is 3. The molecule has 7 nitrogen and oxygen atoms in total. The van der Waals surface area contributed by atoms with E-state index in [2.05, 4.69) is 39.2 Å². The second kappa shape index (κ2) is 12.8. The zero-order valence-electron chi connectivity index (χ0n) is 23.4. The molecule has 2 saturated heterocycles. The molecule has 0 aromatic heterocycles. The van der Waals surface area contributed by atoms with Crippen molar-refractivity contribution < 1.29 is 28.5 Å². The molecule has 0 aliphatic carbocycles. The maximum Gasteiger partial charge on any atom is 0.272 e. The van der Waals surface area contributed by atoms with Gasteiger partial charge in [0, 0.05) is 10.5 Å². The van der Waals surface area contributed by atoms with Gasteiger partial charge in [-0.2, -0.15) is 0 Å². The normalized spacial score (nSPS) is 27.6. The number of rotatable bonds is 7. The highest BCUT2D eigenvalue weighted by Gasteiger charge is 2.54. The van der Waals surface area contributed by atoms with E-state index in [0.29, 0.717) is 0 Å². The fourth-order valence-electron chi connectivity index (χ4n) is 4.00. The number of carbonyl (C=O) groups excluding carboxylic acids is 1. The number of fused-ring (bicyclic) bond motifs is 1. The molecule has 0 saturated carbocycles. The van der Waals surface area contributed by atoms with E-state index < -0.39 is 54.1 Å². The summed E-state index contributed by atoms with van der Waals surface area (Å²) in [5, 5.41) is 2.73. The number of hydrogen-bond acceptors (Lipinski definition) is 7. The van der Waals surface area contributed by atoms with Gasteiger partial charge in [0.05, 0.1) is 12.6 Å². The van der Waals surface area contributed by atoms with Crippen molar-refractivity contribution in [2.45, 2.75) is 90.6 Å². The Bertz CT molecular complexity index is 1150. The fraction of sp³-hybridized carbons (Fsp3) is 0.536. The third kappa shape index (κ3) is 7.75. The van der Waals surface area contributed by atoms with Gasteiger partial charge in [-0.3, -0.25) is 9.37 Å². The van der Waals surface area contributed by atoms with Gasteiger partial charge in [0.15, 0.2) is 6.29 Å². The highest BCUT2D eigenvalue weighted by atomic mass is 35.6. The Morgan fingerprint density at radius 3 is 2.27 bits per heavy atom. The SMILES string of the molecule is Cc1ccc(S[C@@H]2O[C@@H]3COC(c4ccccc4)O[C@@H]3[C@H](OO[Si](C)(C)C(C)(C)C)[C@H]2NC(=O)C(Cl)(Cl)Cl)cc1. The van der Waals surface area contributed by atoms with Gasteiger partial charge in [0.1, 0.15) is 23.7 Å². The molecular weight excluding hydrogens is 613 g/mol. The van der Waals surface area contributed by atoms with Crippen LogP contribution in [-0.4, -0.2) is 54.4 Å². The molecule has 40 heavy (non-hydrogen) atoms. The van der Waals surface area contributed by atoms with E-state index in [0.717, 1.165) is 16.0 Å². The number of alkyl halides is 3. The first-order valence-electron chi connectivity index (χ1n) is 13.1. The predicted octanol–water partition coefficient (Wildman–Crippen LogP) is 7.10. The number of nitrogens with one attached hydrogen (secondary N) is 1. The van der Waals surface area contributed by atoms with Crippen LogP contribution in [0.15, 0.2) is 59.5 Å². The highest BCUT2D eigenvalue weighted by Crippen LogP contribution is 2.42. The van der Waals surface area contributed by atoms with E-state index in [-0.39, 0.29) is 11.6 Å². The van der Waals surface area contributed by atoms with E-state index in [9.17, 15) is 4.79 Å². The summed E-state index contributed by atoms with van der Waals surface area (Å²) in [6.07, 6.45) is -2.62. The van der Waals surface area contributed by atoms with E-state index in [1.54, 1.807) is 0 Å². The minimum absolute atomic E-state index is 0.132. The first-order chi connectivity index (χ1) is 18.7. The number of hydrogen-bond donors (Lipinski definition) is 1. The van der Waals surface area contributed by atoms with Crippen LogP contribution in [0.3, 0.4) is 0 Å². The standard InChI is InChI=1S/C28H36Cl3NO6SSi/c1-17-12-14-19(15-13-17)39-25-21(32-26(33)28(29,30)31)23(37-38-40(5,6)27(2,3)4)22-20(35-25)16-34-24(36-22)18-10-8-7-9-11-18/h7-15,20-25H,16H2,1-6H3,(H,32,33)/t20-,21-,22+,23-,24?,25+/m1/s1. The molecule has 12 heteroatoms. The summed E-state index contributed by atoms with van der Waals surface area (Å²) in [5.74, 6) is -0.799. The molecule has 1 amide bonds. The number of halogens is 3. The van der Waals surface area contributed by atoms with Crippen LogP contribution in [0.25, 0.3) is 0 Å². The summed E-state index contributed by atoms with van der Waals surface area (Å²) in [7, 11) is -2.38. The Morgan fingerprint density at radius 2 is 1.68 bits per heavy atom. The summed E-state index contributed by atoms with van der Waals surface area (Å²) >= 11 is 19.4. The highest BCUT2D eigenvalue weighted by molar-refractivity contribution is 7.99. The van der Waals surface area contributed by atoms with Gasteiger partial charge in [0.2, 0.25) is 8.32 Å². The van der Waals surface area contributed by atoms with Crippen LogP contribution in [0.1, 0.15) is 38.2 Å². The van der Waals surface area contributed by atoms with Crippen LogP contribution in [0.2, 0.25) is 18.1 Å². The van der Waals surface area contributed by atoms with Crippen molar-refractivity contribution in [2.24, 2.45) is 0 Å².